The molecule has 35 nitrogen and oxygen atoms in total. The van der Waals surface area contributed by atoms with E-state index in [4.69, 9.17) is 156 Å². The molecular weight excluding hydrogens is 1290 g/mol. The molecule has 0 radical (unpaired) electrons. The zero-order valence-corrected chi connectivity index (χ0v) is 58.5. The first-order chi connectivity index (χ1) is 46.7. The fraction of sp³-hybridized carbons (Fsp3) is 1.00. The van der Waals surface area contributed by atoms with Crippen molar-refractivity contribution in [1.82, 2.24) is 0 Å². The lowest BCUT2D eigenvalue weighted by Gasteiger charge is -2.52. The summed E-state index contributed by atoms with van der Waals surface area (Å²) in [6.45, 7) is -1.57. The standard InChI is InChI=1S/C61H108O35/c1-64-22-29-36-43(71-8)50(78-15)57(85-29)90-34-27(20-62)84-56(49(77-14)41(34)69-6)93-37-30(23-65-2)87-59(52(80-17)44(37)72-9)95-39-32(25-67-4)89-61(54(82-19)46(39)74-11)96-40-33(26-68-5)88-60(53(81-18)47(40)75-12)94-38-31(24-66-3)86-58(51(79-16)45(38)73-10)91-35-28(21-63)83-55(92-36)48(76-13)42(35)70-7/h27-63H,20-26H2,1-19H3/t27-,28-,29-,30-,31-,32-,33-,34-,35-,36-,37-,38-,39-,40-,41+,42+,43+,44+,45-,46+,47-,48-,49-,50-,51-,52-,53-,54-,55-,56-,57-,58-,59-,60-,61-/m1/s1. The van der Waals surface area contributed by atoms with Gasteiger partial charge in [-0.05, 0) is 0 Å². The monoisotopic (exact) mass is 1400 g/mol. The summed E-state index contributed by atoms with van der Waals surface area (Å²) in [5.74, 6) is 0. The fourth-order valence-corrected chi connectivity index (χ4v) is 14.5. The molecule has 21 heterocycles. The van der Waals surface area contributed by atoms with Crippen LogP contribution >= 0.6 is 0 Å². The molecule has 21 aliphatic rings. The largest absolute Gasteiger partial charge is 0.394 e. The molecule has 96 heavy (non-hydrogen) atoms. The third-order valence-corrected chi connectivity index (χ3v) is 19.0. The van der Waals surface area contributed by atoms with Gasteiger partial charge in [0.05, 0.1) is 46.2 Å². The number of aliphatic hydroxyl groups excluding tert-OH is 2. The summed E-state index contributed by atoms with van der Waals surface area (Å²) in [6, 6.07) is 0. The quantitative estimate of drug-likeness (QED) is 0.0883. The Kier molecular flexibility index (Phi) is 32.6. The first-order valence-electron chi connectivity index (χ1n) is 31.9. The third-order valence-electron chi connectivity index (χ3n) is 19.0. The molecule has 0 amide bonds. The van der Waals surface area contributed by atoms with Gasteiger partial charge in [0.2, 0.25) is 0 Å². The summed E-state index contributed by atoms with van der Waals surface area (Å²) in [5, 5.41) is 22.5. The van der Waals surface area contributed by atoms with Gasteiger partial charge in [0, 0.05) is 135 Å². The van der Waals surface area contributed by atoms with Crippen LogP contribution in [0, 0.1) is 0 Å². The molecular formula is C61H108O35. The summed E-state index contributed by atoms with van der Waals surface area (Å²) in [5.41, 5.74) is 0. The zero-order valence-electron chi connectivity index (χ0n) is 58.5. The Morgan fingerprint density at radius 2 is 0.302 bits per heavy atom. The molecule has 0 saturated carbocycles. The van der Waals surface area contributed by atoms with Crippen molar-refractivity contribution >= 4 is 0 Å². The van der Waals surface area contributed by atoms with Gasteiger partial charge < -0.3 is 167 Å². The maximum absolute atomic E-state index is 11.3. The van der Waals surface area contributed by atoms with Crippen molar-refractivity contribution < 1.29 is 167 Å². The van der Waals surface area contributed by atoms with Crippen molar-refractivity contribution in [3.05, 3.63) is 0 Å². The predicted octanol–water partition coefficient (Wildman–Crippen LogP) is -2.80. The number of methoxy groups -OCH3 is 19. The van der Waals surface area contributed by atoms with Gasteiger partial charge in [0.15, 0.2) is 44.0 Å². The van der Waals surface area contributed by atoms with E-state index in [2.05, 4.69) is 0 Å². The molecule has 0 unspecified atom stereocenters. The molecule has 0 aliphatic carbocycles. The topological polar surface area (TPSA) is 345 Å². The van der Waals surface area contributed by atoms with Gasteiger partial charge >= 0.3 is 0 Å². The smallest absolute Gasteiger partial charge is 0.187 e. The number of hydrogen-bond acceptors (Lipinski definition) is 35. The highest BCUT2D eigenvalue weighted by atomic mass is 16.8. The van der Waals surface area contributed by atoms with Gasteiger partial charge in [-0.15, -0.1) is 0 Å². The van der Waals surface area contributed by atoms with E-state index in [0.29, 0.717) is 0 Å². The third kappa shape index (κ3) is 17.0. The Bertz CT molecular complexity index is 2160. The summed E-state index contributed by atoms with van der Waals surface area (Å²) in [7, 11) is 28.0. The molecule has 21 rings (SSSR count). The lowest BCUT2D eigenvalue weighted by Crippen LogP contribution is -2.69. The second-order valence-electron chi connectivity index (χ2n) is 24.0. The van der Waals surface area contributed by atoms with Crippen molar-refractivity contribution in [2.75, 3.05) is 181 Å². The summed E-state index contributed by atoms with van der Waals surface area (Å²) < 4.78 is 212. The highest BCUT2D eigenvalue weighted by molar-refractivity contribution is 5.04. The van der Waals surface area contributed by atoms with Crippen LogP contribution in [0.5, 0.6) is 0 Å². The molecule has 0 aromatic carbocycles. The highest BCUT2D eigenvalue weighted by Crippen LogP contribution is 2.43. The van der Waals surface area contributed by atoms with E-state index in [-0.39, 0.29) is 33.0 Å². The van der Waals surface area contributed by atoms with E-state index in [1.165, 1.54) is 135 Å². The van der Waals surface area contributed by atoms with Crippen molar-refractivity contribution in [2.24, 2.45) is 0 Å². The van der Waals surface area contributed by atoms with E-state index >= 15 is 0 Å². The minimum absolute atomic E-state index is 0.0543. The van der Waals surface area contributed by atoms with Crippen LogP contribution in [0.15, 0.2) is 0 Å². The Morgan fingerprint density at radius 3 is 0.417 bits per heavy atom. The molecule has 21 aliphatic heterocycles. The van der Waals surface area contributed by atoms with Crippen molar-refractivity contribution in [1.29, 1.82) is 0 Å². The molecule has 562 valence electrons. The molecule has 2 N–H and O–H groups in total. The lowest BCUT2D eigenvalue weighted by atomic mass is 9.94. The SMILES string of the molecule is COC[C@H]1O[C@@H]2O[C@H]3[C@H](OC)[C@@H](OC)[C@@H](O[C@H]4[C@@H](OC)[C@@H](OC)[C@@H](O[C@H]5[C@@H](OC)[C@@H](OC)[C@@H](O[C@H]6[C@H](OC)[C@@H](OC)[C@@H](O[C@H]7[C@H](OC)[C@@H](OC)[C@@H](O[C@H]8[C@H](OC)[C@@H](OC)[C@@H](O[C@H]1[C@H](OC)[C@H]2OC)O[C@@H]8CO)O[C@@H]7COC)O[C@@H]6CO)O[C@@H]5COC)O[C@@H]4COC)O[C@@H]3COC. The maximum atomic E-state index is 11.3. The first kappa shape index (κ1) is 80.3. The van der Waals surface area contributed by atoms with E-state index < -0.39 is 228 Å². The van der Waals surface area contributed by atoms with Gasteiger partial charge in [0.1, 0.15) is 171 Å². The van der Waals surface area contributed by atoms with Crippen molar-refractivity contribution in [3.63, 3.8) is 0 Å². The summed E-state index contributed by atoms with van der Waals surface area (Å²) in [6.07, 6.45) is -38.1. The van der Waals surface area contributed by atoms with Crippen LogP contribution in [0.4, 0.5) is 0 Å². The molecule has 21 saturated heterocycles. The number of hydrogen-bond donors (Lipinski definition) is 2. The highest BCUT2D eigenvalue weighted by Gasteiger charge is 2.62. The predicted molar refractivity (Wildman–Crippen MR) is 319 cm³/mol. The number of ether oxygens (including phenoxy) is 33. The second kappa shape index (κ2) is 38.9. The van der Waals surface area contributed by atoms with Gasteiger partial charge in [-0.25, -0.2) is 0 Å². The molecule has 35 atom stereocenters. The number of aliphatic hydroxyl groups is 2. The normalized spacial score (nSPS) is 46.8. The van der Waals surface area contributed by atoms with Gasteiger partial charge in [-0.1, -0.05) is 0 Å². The Labute approximate surface area is 561 Å². The van der Waals surface area contributed by atoms with Crippen LogP contribution in [0.25, 0.3) is 0 Å². The zero-order chi connectivity index (χ0) is 69.5. The minimum atomic E-state index is -1.32. The molecule has 0 spiro atoms. The van der Waals surface area contributed by atoms with Crippen molar-refractivity contribution in [2.45, 2.75) is 215 Å². The Hall–Kier alpha value is -1.40. The van der Waals surface area contributed by atoms with Crippen LogP contribution in [0.2, 0.25) is 0 Å². The molecule has 0 aromatic heterocycles. The van der Waals surface area contributed by atoms with Crippen LogP contribution in [0.3, 0.4) is 0 Å². The molecule has 21 fully saturated rings. The minimum Gasteiger partial charge on any atom is -0.394 e. The van der Waals surface area contributed by atoms with E-state index in [0.717, 1.165) is 0 Å². The lowest BCUT2D eigenvalue weighted by molar-refractivity contribution is -0.402. The van der Waals surface area contributed by atoms with Crippen LogP contribution in [-0.2, 0) is 156 Å². The van der Waals surface area contributed by atoms with E-state index in [1.807, 2.05) is 0 Å². The first-order valence-corrected chi connectivity index (χ1v) is 31.9. The second-order valence-corrected chi connectivity index (χ2v) is 24.0. The average molecular weight is 1400 g/mol. The van der Waals surface area contributed by atoms with E-state index in [9.17, 15) is 10.2 Å². The van der Waals surface area contributed by atoms with Gasteiger partial charge in [0.25, 0.3) is 0 Å². The summed E-state index contributed by atoms with van der Waals surface area (Å²) >= 11 is 0. The van der Waals surface area contributed by atoms with E-state index in [1.54, 1.807) is 0 Å². The molecule has 0 aromatic rings. The fourth-order valence-electron chi connectivity index (χ4n) is 14.5. The molecule has 14 bridgehead atoms. The van der Waals surface area contributed by atoms with Crippen LogP contribution in [0.1, 0.15) is 0 Å². The Balaban J connectivity index is 1.22. The molecule has 35 heteroatoms. The van der Waals surface area contributed by atoms with Gasteiger partial charge in [-0.2, -0.15) is 0 Å². The van der Waals surface area contributed by atoms with Gasteiger partial charge in [-0.3, -0.25) is 0 Å². The average Bonchev–Trinajstić information content (AvgIpc) is 0.772. The maximum Gasteiger partial charge on any atom is 0.187 e. The van der Waals surface area contributed by atoms with Crippen molar-refractivity contribution in [3.8, 4) is 0 Å². The summed E-state index contributed by atoms with van der Waals surface area (Å²) in [4.78, 5) is 0. The van der Waals surface area contributed by atoms with Crippen LogP contribution in [-0.4, -0.2) is 406 Å². The van der Waals surface area contributed by atoms with Crippen LogP contribution < -0.4 is 0 Å². The number of rotatable bonds is 26. The Morgan fingerprint density at radius 1 is 0.177 bits per heavy atom.